The van der Waals surface area contributed by atoms with E-state index in [2.05, 4.69) is 58.9 Å². The van der Waals surface area contributed by atoms with Crippen LogP contribution in [0.3, 0.4) is 0 Å². The lowest BCUT2D eigenvalue weighted by atomic mass is 10.1. The van der Waals surface area contributed by atoms with Crippen LogP contribution < -0.4 is 0 Å². The van der Waals surface area contributed by atoms with Crippen molar-refractivity contribution in [3.05, 3.63) is 0 Å². The Kier molecular flexibility index (Phi) is 19.7. The second-order valence-corrected chi connectivity index (χ2v) is 40.6. The number of sulfonamides is 3. The van der Waals surface area contributed by atoms with Crippen LogP contribution in [-0.4, -0.2) is 119 Å². The Labute approximate surface area is 295 Å². The molecule has 0 aromatic heterocycles. The molecule has 0 radical (unpaired) electrons. The van der Waals surface area contributed by atoms with Crippen molar-refractivity contribution in [3.63, 3.8) is 0 Å². The Morgan fingerprint density at radius 3 is 0.681 bits per heavy atom. The second kappa shape index (κ2) is 20.4. The van der Waals surface area contributed by atoms with Gasteiger partial charge in [0, 0.05) is 63.5 Å². The van der Waals surface area contributed by atoms with Crippen LogP contribution in [0.1, 0.15) is 70.6 Å². The van der Waals surface area contributed by atoms with Crippen molar-refractivity contribution in [2.75, 3.05) is 56.5 Å². The molecule has 1 fully saturated rings. The summed E-state index contributed by atoms with van der Waals surface area (Å²) >= 11 is 0. The first-order chi connectivity index (χ1) is 21.4. The largest absolute Gasteiger partial charge is 0.213 e. The molecule has 1 aliphatic heterocycles. The van der Waals surface area contributed by atoms with Crippen LogP contribution in [0.4, 0.5) is 0 Å². The quantitative estimate of drug-likeness (QED) is 0.194. The van der Waals surface area contributed by atoms with Crippen molar-refractivity contribution >= 4 is 54.3 Å². The van der Waals surface area contributed by atoms with Gasteiger partial charge < -0.3 is 0 Å². The number of nitrogens with zero attached hydrogens (tertiary/aromatic N) is 3. The SMILES string of the molecule is C[Si](C)(C)CCS(=O)(=O)N1CCCCCCN(S(=O)(=O)CC[Si](C)(C)C)CCCCCN(S(=O)(=O)CC[Si](C)(C)C)CCCCCC1. The lowest BCUT2D eigenvalue weighted by Crippen LogP contribution is -2.38. The van der Waals surface area contributed by atoms with Crippen molar-refractivity contribution in [3.8, 4) is 0 Å². The Bertz CT molecular complexity index is 1140. The maximum atomic E-state index is 13.4. The summed E-state index contributed by atoms with van der Waals surface area (Å²) in [6.45, 7) is 22.7. The van der Waals surface area contributed by atoms with Crippen molar-refractivity contribution in [1.29, 1.82) is 0 Å². The van der Waals surface area contributed by atoms with Crippen LogP contribution in [0.5, 0.6) is 0 Å². The van der Waals surface area contributed by atoms with Gasteiger partial charge in [-0.1, -0.05) is 91.0 Å². The van der Waals surface area contributed by atoms with E-state index in [-0.39, 0.29) is 17.3 Å². The third-order valence-electron chi connectivity index (χ3n) is 8.96. The van der Waals surface area contributed by atoms with Gasteiger partial charge in [0.05, 0.1) is 17.3 Å². The molecule has 0 unspecified atom stereocenters. The van der Waals surface area contributed by atoms with E-state index in [0.717, 1.165) is 88.8 Å². The first-order valence-corrected chi connectivity index (χ1v) is 34.3. The van der Waals surface area contributed by atoms with Gasteiger partial charge in [0.15, 0.2) is 0 Å². The highest BCUT2D eigenvalue weighted by Crippen LogP contribution is 2.19. The van der Waals surface area contributed by atoms with Gasteiger partial charge in [-0.3, -0.25) is 0 Å². The standard InChI is InChI=1S/C32H73N3O6S3Si3/c1-45(2,3)30-27-42(36,37)33-21-15-10-12-17-23-34(43(38,39)28-31-46(4,5)6)25-19-14-20-26-35(24-18-13-11-16-22-33)44(40,41)29-32-47(7,8)9/h10-32H2,1-9H3. The zero-order chi connectivity index (χ0) is 36.0. The van der Waals surface area contributed by atoms with Crippen molar-refractivity contribution in [2.24, 2.45) is 0 Å². The normalized spacial score (nSPS) is 20.6. The van der Waals surface area contributed by atoms with Gasteiger partial charge in [0.1, 0.15) is 0 Å². The molecule has 1 rings (SSSR count). The molecule has 0 atom stereocenters. The third-order valence-corrected chi connectivity index (χ3v) is 20.9. The summed E-state index contributed by atoms with van der Waals surface area (Å²) in [5, 5.41) is 0. The molecular formula is C32H73N3O6S3Si3. The van der Waals surface area contributed by atoms with Crippen LogP contribution in [0, 0.1) is 0 Å². The predicted octanol–water partition coefficient (Wildman–Crippen LogP) is 7.20. The number of hydrogen-bond donors (Lipinski definition) is 0. The Morgan fingerprint density at radius 1 is 0.340 bits per heavy atom. The minimum Gasteiger partial charge on any atom is -0.212 e. The first-order valence-electron chi connectivity index (χ1n) is 18.4. The molecule has 0 amide bonds. The number of rotatable bonds is 12. The van der Waals surface area contributed by atoms with E-state index in [4.69, 9.17) is 0 Å². The summed E-state index contributed by atoms with van der Waals surface area (Å²) in [6.07, 6.45) is 8.81. The first kappa shape index (κ1) is 45.4. The Morgan fingerprint density at radius 2 is 0.511 bits per heavy atom. The van der Waals surface area contributed by atoms with Crippen molar-refractivity contribution < 1.29 is 25.3 Å². The molecule has 47 heavy (non-hydrogen) atoms. The molecule has 1 saturated heterocycles. The van der Waals surface area contributed by atoms with E-state index in [1.807, 2.05) is 0 Å². The molecule has 0 aliphatic carbocycles. The summed E-state index contributed by atoms with van der Waals surface area (Å²) < 4.78 is 85.6. The van der Waals surface area contributed by atoms with Gasteiger partial charge in [-0.25, -0.2) is 38.2 Å². The van der Waals surface area contributed by atoms with E-state index in [1.165, 1.54) is 0 Å². The van der Waals surface area contributed by atoms with Crippen LogP contribution in [0.25, 0.3) is 0 Å². The van der Waals surface area contributed by atoms with Gasteiger partial charge in [0.2, 0.25) is 30.1 Å². The van der Waals surface area contributed by atoms with Gasteiger partial charge >= 0.3 is 0 Å². The molecule has 0 saturated carbocycles. The molecule has 0 bridgehead atoms. The third kappa shape index (κ3) is 21.4. The van der Waals surface area contributed by atoms with Gasteiger partial charge in [-0.05, 0) is 56.7 Å². The molecule has 0 spiro atoms. The lowest BCUT2D eigenvalue weighted by Gasteiger charge is -2.26. The fourth-order valence-electron chi connectivity index (χ4n) is 5.48. The monoisotopic (exact) mass is 775 g/mol. The van der Waals surface area contributed by atoms with Crippen LogP contribution >= 0.6 is 0 Å². The van der Waals surface area contributed by atoms with Crippen LogP contribution in [0.2, 0.25) is 77.1 Å². The van der Waals surface area contributed by atoms with E-state index in [1.54, 1.807) is 12.9 Å². The summed E-state index contributed by atoms with van der Waals surface area (Å²) in [4.78, 5) is 0. The predicted molar refractivity (Wildman–Crippen MR) is 211 cm³/mol. The van der Waals surface area contributed by atoms with Crippen molar-refractivity contribution in [2.45, 2.75) is 148 Å². The maximum Gasteiger partial charge on any atom is 0.213 e. The van der Waals surface area contributed by atoms with Gasteiger partial charge in [-0.2, -0.15) is 0 Å². The van der Waals surface area contributed by atoms with E-state index >= 15 is 0 Å². The van der Waals surface area contributed by atoms with Crippen LogP contribution in [0.15, 0.2) is 0 Å². The molecule has 0 aromatic rings. The molecule has 9 nitrogen and oxygen atoms in total. The molecule has 282 valence electrons. The average Bonchev–Trinajstić information content (AvgIpc) is 2.92. The minimum atomic E-state index is -3.37. The van der Waals surface area contributed by atoms with E-state index in [0.29, 0.717) is 39.3 Å². The molecule has 0 N–H and O–H groups in total. The second-order valence-electron chi connectivity index (χ2n) is 17.5. The molecule has 0 aromatic carbocycles. The zero-order valence-electron chi connectivity index (χ0n) is 31.8. The highest BCUT2D eigenvalue weighted by molar-refractivity contribution is 7.89. The fourth-order valence-corrected chi connectivity index (χ4v) is 19.1. The maximum absolute atomic E-state index is 13.4. The Hall–Kier alpha value is 0.381. The molecule has 1 heterocycles. The smallest absolute Gasteiger partial charge is 0.212 e. The Balaban J connectivity index is 3.11. The molecular weight excluding hydrogens is 703 g/mol. The summed E-state index contributed by atoms with van der Waals surface area (Å²) in [7, 11) is -14.7. The zero-order valence-corrected chi connectivity index (χ0v) is 37.2. The molecule has 15 heteroatoms. The molecule has 1 aliphatic rings. The fraction of sp³-hybridized carbons (Fsp3) is 1.00. The topological polar surface area (TPSA) is 112 Å². The number of hydrogen-bond acceptors (Lipinski definition) is 6. The minimum absolute atomic E-state index is 0.191. The highest BCUT2D eigenvalue weighted by Gasteiger charge is 2.28. The average molecular weight is 776 g/mol. The van der Waals surface area contributed by atoms with Gasteiger partial charge in [-0.15, -0.1) is 0 Å². The summed E-state index contributed by atoms with van der Waals surface area (Å²) in [5.41, 5.74) is 0. The summed E-state index contributed by atoms with van der Waals surface area (Å²) in [5.74, 6) is 0.587. The van der Waals surface area contributed by atoms with Crippen LogP contribution in [-0.2, 0) is 30.1 Å². The van der Waals surface area contributed by atoms with Gasteiger partial charge in [0.25, 0.3) is 0 Å². The van der Waals surface area contributed by atoms with E-state index in [9.17, 15) is 25.3 Å². The highest BCUT2D eigenvalue weighted by atomic mass is 32.2. The van der Waals surface area contributed by atoms with Crippen molar-refractivity contribution in [1.82, 2.24) is 12.9 Å². The summed E-state index contributed by atoms with van der Waals surface area (Å²) in [6, 6.07) is 2.21. The lowest BCUT2D eigenvalue weighted by molar-refractivity contribution is 0.354. The van der Waals surface area contributed by atoms with E-state index < -0.39 is 54.3 Å².